The van der Waals surface area contributed by atoms with Crippen LogP contribution in [0.25, 0.3) is 22.0 Å². The van der Waals surface area contributed by atoms with Crippen LogP contribution in [0.15, 0.2) is 86.8 Å². The topological polar surface area (TPSA) is 102 Å². The lowest BCUT2D eigenvalue weighted by Crippen LogP contribution is -2.19. The number of H-pyrrole nitrogens is 1. The molecule has 2 N–H and O–H groups in total. The molecule has 1 aromatic heterocycles. The molecule has 0 bridgehead atoms. The molecule has 11 heteroatoms. The third-order valence-electron chi connectivity index (χ3n) is 6.71. The minimum absolute atomic E-state index is 0.214. The number of hydrogen-bond acceptors (Lipinski definition) is 6. The number of nitrogens with zero attached hydrogens (tertiary/aromatic N) is 1. The summed E-state index contributed by atoms with van der Waals surface area (Å²) in [5.41, 5.74) is 6.83. The lowest BCUT2D eigenvalue weighted by atomic mass is 10.0. The number of rotatable bonds is 10. The maximum atomic E-state index is 13.5. The summed E-state index contributed by atoms with van der Waals surface area (Å²) in [6.07, 6.45) is 1.40. The van der Waals surface area contributed by atoms with Gasteiger partial charge >= 0.3 is 5.97 Å². The Kier molecular flexibility index (Phi) is 10.3. The van der Waals surface area contributed by atoms with E-state index in [-0.39, 0.29) is 11.3 Å². The molecule has 0 aliphatic rings. The van der Waals surface area contributed by atoms with E-state index in [0.29, 0.717) is 55.5 Å². The van der Waals surface area contributed by atoms with Crippen molar-refractivity contribution in [3.63, 3.8) is 0 Å². The molecule has 0 radical (unpaired) electrons. The summed E-state index contributed by atoms with van der Waals surface area (Å²) in [6.45, 7) is 6.56. The highest BCUT2D eigenvalue weighted by molar-refractivity contribution is 9.11. The molecule has 0 aliphatic carbocycles. The zero-order valence-electron chi connectivity index (χ0n) is 24.5. The summed E-state index contributed by atoms with van der Waals surface area (Å²) in [6, 6.07) is 21.6. The normalized spacial score (nSPS) is 11.2. The predicted octanol–water partition coefficient (Wildman–Crippen LogP) is 9.10. The minimum atomic E-state index is -0.613. The highest BCUT2D eigenvalue weighted by Crippen LogP contribution is 2.37. The molecule has 4 aromatic carbocycles. The predicted molar refractivity (Wildman–Crippen MR) is 184 cm³/mol. The van der Waals surface area contributed by atoms with E-state index in [0.717, 1.165) is 22.0 Å². The molecule has 45 heavy (non-hydrogen) atoms. The van der Waals surface area contributed by atoms with Gasteiger partial charge in [0.05, 0.1) is 29.5 Å². The van der Waals surface area contributed by atoms with E-state index < -0.39 is 11.9 Å². The maximum Gasteiger partial charge on any atom is 0.343 e. The van der Waals surface area contributed by atoms with Gasteiger partial charge in [-0.3, -0.25) is 4.79 Å². The largest absolute Gasteiger partial charge is 0.490 e. The van der Waals surface area contributed by atoms with Crippen LogP contribution in [0.4, 0.5) is 0 Å². The second-order valence-corrected chi connectivity index (χ2v) is 12.0. The summed E-state index contributed by atoms with van der Waals surface area (Å²) >= 11 is 13.5. The first kappa shape index (κ1) is 32.3. The number of amides is 1. The van der Waals surface area contributed by atoms with Gasteiger partial charge in [0.2, 0.25) is 0 Å². The molecule has 1 amide bonds. The molecule has 0 fully saturated rings. The zero-order valence-corrected chi connectivity index (χ0v) is 28.5. The fraction of sp³-hybridized carbons (Fsp3) is 0.147. The Morgan fingerprint density at radius 3 is 2.47 bits per heavy atom. The fourth-order valence-electron chi connectivity index (χ4n) is 4.75. The van der Waals surface area contributed by atoms with E-state index in [9.17, 15) is 9.59 Å². The van der Waals surface area contributed by atoms with Crippen LogP contribution in [0.5, 0.6) is 17.2 Å². The van der Waals surface area contributed by atoms with Crippen molar-refractivity contribution in [1.29, 1.82) is 0 Å². The van der Waals surface area contributed by atoms with Crippen LogP contribution in [-0.2, 0) is 0 Å². The number of esters is 1. The maximum absolute atomic E-state index is 13.5. The van der Waals surface area contributed by atoms with E-state index in [2.05, 4.69) is 47.4 Å². The number of aromatic amines is 1. The lowest BCUT2D eigenvalue weighted by molar-refractivity contribution is 0.0732. The van der Waals surface area contributed by atoms with Crippen molar-refractivity contribution in [1.82, 2.24) is 10.4 Å². The van der Waals surface area contributed by atoms with Crippen LogP contribution in [0, 0.1) is 6.92 Å². The van der Waals surface area contributed by atoms with Crippen molar-refractivity contribution in [3.05, 3.63) is 109 Å². The van der Waals surface area contributed by atoms with Crippen LogP contribution < -0.4 is 19.6 Å². The Morgan fingerprint density at radius 2 is 1.71 bits per heavy atom. The number of aromatic nitrogens is 1. The molecule has 0 atom stereocenters. The molecule has 0 aliphatic heterocycles. The van der Waals surface area contributed by atoms with Crippen molar-refractivity contribution in [2.75, 3.05) is 13.2 Å². The quantitative estimate of drug-likeness (QED) is 0.0642. The van der Waals surface area contributed by atoms with Crippen LogP contribution in [0.2, 0.25) is 5.02 Å². The van der Waals surface area contributed by atoms with Gasteiger partial charge in [0.1, 0.15) is 5.69 Å². The first-order valence-corrected chi connectivity index (χ1v) is 16.0. The average molecular weight is 754 g/mol. The number of ether oxygens (including phenoxy) is 3. The Labute approximate surface area is 282 Å². The van der Waals surface area contributed by atoms with Crippen LogP contribution in [-0.4, -0.2) is 36.3 Å². The molecule has 0 unspecified atom stereocenters. The molecule has 0 spiro atoms. The van der Waals surface area contributed by atoms with Gasteiger partial charge < -0.3 is 19.2 Å². The van der Waals surface area contributed by atoms with Gasteiger partial charge in [0.15, 0.2) is 17.2 Å². The van der Waals surface area contributed by atoms with Crippen molar-refractivity contribution in [2.24, 2.45) is 5.10 Å². The zero-order chi connectivity index (χ0) is 32.1. The van der Waals surface area contributed by atoms with Crippen molar-refractivity contribution in [2.45, 2.75) is 20.8 Å². The number of fused-ring (bicyclic) bond motifs is 1. The Morgan fingerprint density at radius 1 is 0.956 bits per heavy atom. The summed E-state index contributed by atoms with van der Waals surface area (Å²) in [7, 11) is 0. The first-order valence-electron chi connectivity index (χ1n) is 14.0. The van der Waals surface area contributed by atoms with Gasteiger partial charge in [-0.1, -0.05) is 57.4 Å². The van der Waals surface area contributed by atoms with Gasteiger partial charge in [0, 0.05) is 37.1 Å². The number of nitrogens with one attached hydrogen (secondary N) is 2. The molecule has 5 aromatic rings. The van der Waals surface area contributed by atoms with Crippen molar-refractivity contribution >= 4 is 72.5 Å². The standard InChI is InChI=1S/C34H28Br2ClN3O5/c1-4-43-28-13-11-20(16-29(28)44-5-2)34(42)45-32-21(15-22(35)17-25(32)36)18-38-40-33(41)31-30(23-8-6-7-9-26(23)37)24-14-19(3)10-12-27(24)39-31/h6-18,39H,4-5H2,1-3H3,(H,40,41). The summed E-state index contributed by atoms with van der Waals surface area (Å²) in [4.78, 5) is 30.0. The number of carbonyl (C=O) groups is 2. The highest BCUT2D eigenvalue weighted by atomic mass is 79.9. The van der Waals surface area contributed by atoms with Gasteiger partial charge in [-0.15, -0.1) is 0 Å². The molecule has 8 nitrogen and oxygen atoms in total. The molecule has 5 rings (SSSR count). The molecular formula is C34H28Br2ClN3O5. The molecule has 0 saturated heterocycles. The SMILES string of the molecule is CCOc1ccc(C(=O)Oc2c(Br)cc(Br)cc2C=NNC(=O)c2[nH]c3ccc(C)cc3c2-c2ccccc2Cl)cc1OCC. The number of hydrazone groups is 1. The summed E-state index contributed by atoms with van der Waals surface area (Å²) in [5.74, 6) is 0.105. The number of halogens is 3. The van der Waals surface area contributed by atoms with Crippen LogP contribution >= 0.6 is 43.5 Å². The first-order chi connectivity index (χ1) is 21.7. The molecule has 0 saturated carbocycles. The van der Waals surface area contributed by atoms with Crippen molar-refractivity contribution < 1.29 is 23.8 Å². The Balaban J connectivity index is 1.43. The molecule has 230 valence electrons. The monoisotopic (exact) mass is 751 g/mol. The second-order valence-electron chi connectivity index (χ2n) is 9.83. The van der Waals surface area contributed by atoms with Gasteiger partial charge in [0.25, 0.3) is 5.91 Å². The van der Waals surface area contributed by atoms with E-state index in [1.165, 1.54) is 6.21 Å². The van der Waals surface area contributed by atoms with E-state index in [1.807, 2.05) is 57.2 Å². The van der Waals surface area contributed by atoms with Gasteiger partial charge in [-0.25, -0.2) is 10.2 Å². The average Bonchev–Trinajstić information content (AvgIpc) is 3.38. The van der Waals surface area contributed by atoms with Gasteiger partial charge in [-0.05, 0) is 85.2 Å². The summed E-state index contributed by atoms with van der Waals surface area (Å²) in [5, 5.41) is 5.59. The third kappa shape index (κ3) is 7.24. The highest BCUT2D eigenvalue weighted by Gasteiger charge is 2.22. The fourth-order valence-corrected chi connectivity index (χ4v) is 6.32. The minimum Gasteiger partial charge on any atom is -0.490 e. The molecule has 1 heterocycles. The Hall–Kier alpha value is -4.12. The number of aryl methyl sites for hydroxylation is 1. The van der Waals surface area contributed by atoms with E-state index >= 15 is 0 Å². The van der Waals surface area contributed by atoms with Gasteiger partial charge in [-0.2, -0.15) is 5.10 Å². The molecular weight excluding hydrogens is 726 g/mol. The van der Waals surface area contributed by atoms with E-state index in [4.69, 9.17) is 25.8 Å². The smallest absolute Gasteiger partial charge is 0.343 e. The lowest BCUT2D eigenvalue weighted by Gasteiger charge is -2.13. The third-order valence-corrected chi connectivity index (χ3v) is 8.08. The number of carbonyl (C=O) groups excluding carboxylic acids is 2. The second kappa shape index (κ2) is 14.3. The van der Waals surface area contributed by atoms with Crippen LogP contribution in [0.3, 0.4) is 0 Å². The number of benzene rings is 4. The number of hydrogen-bond donors (Lipinski definition) is 2. The summed E-state index contributed by atoms with van der Waals surface area (Å²) < 4.78 is 18.3. The Bertz CT molecular complexity index is 1940. The van der Waals surface area contributed by atoms with Crippen molar-refractivity contribution in [3.8, 4) is 28.4 Å². The van der Waals surface area contributed by atoms with Crippen LogP contribution in [0.1, 0.15) is 45.8 Å². The van der Waals surface area contributed by atoms with E-state index in [1.54, 1.807) is 36.4 Å².